The summed E-state index contributed by atoms with van der Waals surface area (Å²) in [5.41, 5.74) is 6.99. The summed E-state index contributed by atoms with van der Waals surface area (Å²) >= 11 is 0. The van der Waals surface area contributed by atoms with Gasteiger partial charge in [0.05, 0.1) is 0 Å². The molecule has 0 radical (unpaired) electrons. The van der Waals surface area contributed by atoms with E-state index in [0.29, 0.717) is 17.3 Å². The standard InChI is InChI=1S/C16H18N6O/c1-10(2)14(15(17)23)18-12-8-9-13-19-20-16(22(13)21-12)11-6-4-3-5-7-11/h3-10,14H,1-2H3,(H2,17,23)(H,18,21). The number of carbonyl (C=O) groups is 1. The molecule has 7 heteroatoms. The van der Waals surface area contributed by atoms with Gasteiger partial charge in [-0.15, -0.1) is 15.3 Å². The van der Waals surface area contributed by atoms with E-state index in [2.05, 4.69) is 20.6 Å². The van der Waals surface area contributed by atoms with E-state index in [9.17, 15) is 4.79 Å². The molecular weight excluding hydrogens is 292 g/mol. The largest absolute Gasteiger partial charge is 0.368 e. The summed E-state index contributed by atoms with van der Waals surface area (Å²) < 4.78 is 1.65. The molecule has 23 heavy (non-hydrogen) atoms. The Bertz CT molecular complexity index is 827. The van der Waals surface area contributed by atoms with Gasteiger partial charge in [-0.2, -0.15) is 4.52 Å². The summed E-state index contributed by atoms with van der Waals surface area (Å²) in [6.45, 7) is 3.85. The Morgan fingerprint density at radius 3 is 2.52 bits per heavy atom. The molecule has 3 N–H and O–H groups in total. The first-order chi connectivity index (χ1) is 11.1. The predicted molar refractivity (Wildman–Crippen MR) is 87.7 cm³/mol. The first-order valence-corrected chi connectivity index (χ1v) is 7.40. The number of primary amides is 1. The zero-order valence-electron chi connectivity index (χ0n) is 13.0. The fraction of sp³-hybridized carbons (Fsp3) is 0.250. The van der Waals surface area contributed by atoms with Crippen molar-refractivity contribution in [1.29, 1.82) is 0 Å². The number of nitrogens with one attached hydrogen (secondary N) is 1. The molecule has 1 aromatic carbocycles. The SMILES string of the molecule is CC(C)C(Nc1ccc2nnc(-c3ccccc3)n2n1)C(N)=O. The van der Waals surface area contributed by atoms with Gasteiger partial charge in [0.15, 0.2) is 11.5 Å². The van der Waals surface area contributed by atoms with E-state index in [0.717, 1.165) is 5.56 Å². The third-order valence-electron chi connectivity index (χ3n) is 3.57. The number of rotatable bonds is 5. The minimum atomic E-state index is -0.489. The first-order valence-electron chi connectivity index (χ1n) is 7.40. The lowest BCUT2D eigenvalue weighted by Crippen LogP contribution is -2.39. The number of benzene rings is 1. The third-order valence-corrected chi connectivity index (χ3v) is 3.57. The zero-order chi connectivity index (χ0) is 16.4. The molecule has 0 saturated carbocycles. The monoisotopic (exact) mass is 310 g/mol. The fourth-order valence-corrected chi connectivity index (χ4v) is 2.36. The highest BCUT2D eigenvalue weighted by Gasteiger charge is 2.20. The molecule has 3 aromatic rings. The summed E-state index contributed by atoms with van der Waals surface area (Å²) in [6, 6.07) is 12.8. The molecule has 3 rings (SSSR count). The Labute approximate surface area is 133 Å². The second kappa shape index (κ2) is 6.04. The molecule has 0 saturated heterocycles. The molecule has 0 aliphatic rings. The minimum Gasteiger partial charge on any atom is -0.368 e. The van der Waals surface area contributed by atoms with Crippen LogP contribution in [0.5, 0.6) is 0 Å². The average Bonchev–Trinajstić information content (AvgIpc) is 2.96. The van der Waals surface area contributed by atoms with Gasteiger partial charge < -0.3 is 11.1 Å². The van der Waals surface area contributed by atoms with Crippen LogP contribution in [0, 0.1) is 5.92 Å². The smallest absolute Gasteiger partial charge is 0.240 e. The minimum absolute atomic E-state index is 0.0551. The molecular formula is C16H18N6O. The van der Waals surface area contributed by atoms with Crippen LogP contribution in [0.25, 0.3) is 17.0 Å². The van der Waals surface area contributed by atoms with Gasteiger partial charge in [-0.1, -0.05) is 44.2 Å². The number of amides is 1. The van der Waals surface area contributed by atoms with Crippen molar-refractivity contribution in [3.63, 3.8) is 0 Å². The van der Waals surface area contributed by atoms with E-state index in [-0.39, 0.29) is 5.92 Å². The maximum atomic E-state index is 11.5. The highest BCUT2D eigenvalue weighted by molar-refractivity contribution is 5.83. The molecule has 7 nitrogen and oxygen atoms in total. The van der Waals surface area contributed by atoms with Gasteiger partial charge in [-0.25, -0.2) is 0 Å². The normalized spacial score (nSPS) is 12.5. The Balaban J connectivity index is 2.00. The Hall–Kier alpha value is -2.96. The molecule has 0 fully saturated rings. The number of nitrogens with two attached hydrogens (primary N) is 1. The molecule has 2 aromatic heterocycles. The van der Waals surface area contributed by atoms with E-state index >= 15 is 0 Å². The van der Waals surface area contributed by atoms with Crippen LogP contribution in [0.3, 0.4) is 0 Å². The molecule has 0 aliphatic heterocycles. The molecule has 118 valence electrons. The van der Waals surface area contributed by atoms with Crippen LogP contribution in [0.15, 0.2) is 42.5 Å². The number of hydrogen-bond donors (Lipinski definition) is 2. The molecule has 0 aliphatic carbocycles. The maximum Gasteiger partial charge on any atom is 0.240 e. The topological polar surface area (TPSA) is 98.2 Å². The van der Waals surface area contributed by atoms with Crippen LogP contribution in [0.2, 0.25) is 0 Å². The van der Waals surface area contributed by atoms with Gasteiger partial charge in [-0.3, -0.25) is 4.79 Å². The van der Waals surface area contributed by atoms with Crippen LogP contribution in [0.4, 0.5) is 5.82 Å². The van der Waals surface area contributed by atoms with Gasteiger partial charge in [0, 0.05) is 5.56 Å². The van der Waals surface area contributed by atoms with Crippen LogP contribution in [-0.2, 0) is 4.79 Å². The third kappa shape index (κ3) is 2.98. The van der Waals surface area contributed by atoms with E-state index < -0.39 is 11.9 Å². The van der Waals surface area contributed by atoms with Crippen molar-refractivity contribution in [3.05, 3.63) is 42.5 Å². The molecule has 1 amide bonds. The lowest BCUT2D eigenvalue weighted by atomic mass is 10.0. The quantitative estimate of drug-likeness (QED) is 0.747. The zero-order valence-corrected chi connectivity index (χ0v) is 13.0. The average molecular weight is 310 g/mol. The van der Waals surface area contributed by atoms with E-state index in [1.807, 2.05) is 44.2 Å². The number of hydrogen-bond acceptors (Lipinski definition) is 5. The van der Waals surface area contributed by atoms with Gasteiger partial charge in [0.25, 0.3) is 0 Å². The summed E-state index contributed by atoms with van der Waals surface area (Å²) in [5.74, 6) is 0.838. The predicted octanol–water partition coefficient (Wildman–Crippen LogP) is 1.71. The Morgan fingerprint density at radius 2 is 1.87 bits per heavy atom. The number of carbonyl (C=O) groups excluding carboxylic acids is 1. The summed E-state index contributed by atoms with van der Waals surface area (Å²) in [4.78, 5) is 11.5. The van der Waals surface area contributed by atoms with Crippen molar-refractivity contribution < 1.29 is 4.79 Å². The van der Waals surface area contributed by atoms with E-state index in [4.69, 9.17) is 5.73 Å². The lowest BCUT2D eigenvalue weighted by Gasteiger charge is -2.19. The fourth-order valence-electron chi connectivity index (χ4n) is 2.36. The van der Waals surface area contributed by atoms with Crippen molar-refractivity contribution >= 4 is 17.4 Å². The van der Waals surface area contributed by atoms with Crippen molar-refractivity contribution in [2.75, 3.05) is 5.32 Å². The van der Waals surface area contributed by atoms with Crippen molar-refractivity contribution in [1.82, 2.24) is 19.8 Å². The summed E-state index contributed by atoms with van der Waals surface area (Å²) in [6.07, 6.45) is 0. The van der Waals surface area contributed by atoms with Crippen LogP contribution in [0.1, 0.15) is 13.8 Å². The van der Waals surface area contributed by atoms with Crippen LogP contribution >= 0.6 is 0 Å². The first kappa shape index (κ1) is 15.0. The molecule has 2 heterocycles. The summed E-state index contributed by atoms with van der Waals surface area (Å²) in [7, 11) is 0. The number of nitrogens with zero attached hydrogens (tertiary/aromatic N) is 4. The van der Waals surface area contributed by atoms with Gasteiger partial charge in [0.1, 0.15) is 11.9 Å². The highest BCUT2D eigenvalue weighted by Crippen LogP contribution is 2.18. The Morgan fingerprint density at radius 1 is 1.13 bits per heavy atom. The molecule has 1 unspecified atom stereocenters. The van der Waals surface area contributed by atoms with Gasteiger partial charge >= 0.3 is 0 Å². The van der Waals surface area contributed by atoms with E-state index in [1.54, 1.807) is 16.6 Å². The summed E-state index contributed by atoms with van der Waals surface area (Å²) in [5, 5.41) is 15.9. The lowest BCUT2D eigenvalue weighted by molar-refractivity contribution is -0.119. The van der Waals surface area contributed by atoms with Crippen LogP contribution < -0.4 is 11.1 Å². The number of aromatic nitrogens is 4. The second-order valence-corrected chi connectivity index (χ2v) is 5.65. The van der Waals surface area contributed by atoms with Crippen molar-refractivity contribution in [2.24, 2.45) is 11.7 Å². The van der Waals surface area contributed by atoms with Gasteiger partial charge in [0.2, 0.25) is 5.91 Å². The van der Waals surface area contributed by atoms with Crippen molar-refractivity contribution in [3.8, 4) is 11.4 Å². The number of anilines is 1. The highest BCUT2D eigenvalue weighted by atomic mass is 16.1. The van der Waals surface area contributed by atoms with Crippen molar-refractivity contribution in [2.45, 2.75) is 19.9 Å². The second-order valence-electron chi connectivity index (χ2n) is 5.65. The van der Waals surface area contributed by atoms with E-state index in [1.165, 1.54) is 0 Å². The molecule has 0 bridgehead atoms. The molecule has 1 atom stereocenters. The molecule has 0 spiro atoms. The maximum absolute atomic E-state index is 11.5. The van der Waals surface area contributed by atoms with Gasteiger partial charge in [-0.05, 0) is 18.1 Å². The number of fused-ring (bicyclic) bond motifs is 1. The Kier molecular flexibility index (Phi) is 3.92. The van der Waals surface area contributed by atoms with Crippen LogP contribution in [-0.4, -0.2) is 31.8 Å².